The molecule has 3 aliphatic rings. The number of nitrogens with one attached hydrogen (secondary N) is 1. The van der Waals surface area contributed by atoms with Crippen molar-refractivity contribution < 1.29 is 9.53 Å². The van der Waals surface area contributed by atoms with Gasteiger partial charge in [0.15, 0.2) is 5.96 Å². The average Bonchev–Trinajstić information content (AvgIpc) is 3.22. The predicted octanol–water partition coefficient (Wildman–Crippen LogP) is 2.59. The first-order valence-corrected chi connectivity index (χ1v) is 12.4. The van der Waals surface area contributed by atoms with Crippen molar-refractivity contribution in [3.8, 4) is 0 Å². The second-order valence-electron chi connectivity index (χ2n) is 8.21. The molecule has 28 heavy (non-hydrogen) atoms. The van der Waals surface area contributed by atoms with Crippen LogP contribution in [-0.2, 0) is 9.53 Å². The van der Waals surface area contributed by atoms with E-state index >= 15 is 0 Å². The summed E-state index contributed by atoms with van der Waals surface area (Å²) in [6.07, 6.45) is 6.95. The maximum absolute atomic E-state index is 12.0. The third kappa shape index (κ3) is 5.35. The van der Waals surface area contributed by atoms with Crippen molar-refractivity contribution in [3.05, 3.63) is 0 Å². The average molecular weight is 411 g/mol. The van der Waals surface area contributed by atoms with Crippen molar-refractivity contribution in [3.63, 3.8) is 0 Å². The van der Waals surface area contributed by atoms with Crippen LogP contribution in [0.25, 0.3) is 0 Å². The quantitative estimate of drug-likeness (QED) is 0.413. The van der Waals surface area contributed by atoms with Crippen LogP contribution >= 0.6 is 11.8 Å². The highest BCUT2D eigenvalue weighted by Gasteiger charge is 2.40. The topological polar surface area (TPSA) is 57.2 Å². The minimum atomic E-state index is -0.0306. The standard InChI is InChI=1S/C21H38N4O2S/c1-3-22-20(24-11-7-18(8-12-24)19(26)27-4-2)23-17-21(9-5-6-10-21)25-13-15-28-16-14-25/h18H,3-17H2,1-2H3,(H,22,23). The van der Waals surface area contributed by atoms with Crippen molar-refractivity contribution in [2.75, 3.05) is 57.4 Å². The van der Waals surface area contributed by atoms with Gasteiger partial charge in [0.05, 0.1) is 19.1 Å². The minimum Gasteiger partial charge on any atom is -0.466 e. The maximum Gasteiger partial charge on any atom is 0.309 e. The normalized spacial score (nSPS) is 24.4. The molecule has 0 unspecified atom stereocenters. The number of hydrogen-bond donors (Lipinski definition) is 1. The third-order valence-electron chi connectivity index (χ3n) is 6.49. The molecule has 0 aromatic rings. The first-order chi connectivity index (χ1) is 13.7. The highest BCUT2D eigenvalue weighted by atomic mass is 32.2. The molecule has 0 spiro atoms. The molecule has 1 N–H and O–H groups in total. The number of carbonyl (C=O) groups excluding carboxylic acids is 1. The molecule has 2 heterocycles. The molecule has 0 amide bonds. The smallest absolute Gasteiger partial charge is 0.309 e. The van der Waals surface area contributed by atoms with Crippen LogP contribution in [0.4, 0.5) is 0 Å². The first kappa shape index (κ1) is 21.8. The number of nitrogens with zero attached hydrogens (tertiary/aromatic N) is 3. The van der Waals surface area contributed by atoms with E-state index in [1.165, 1.54) is 50.3 Å². The molecule has 0 atom stereocenters. The molecular weight excluding hydrogens is 372 g/mol. The Bertz CT molecular complexity index is 522. The van der Waals surface area contributed by atoms with E-state index in [0.717, 1.165) is 45.0 Å². The van der Waals surface area contributed by atoms with Crippen LogP contribution < -0.4 is 5.32 Å². The Morgan fingerprint density at radius 2 is 1.82 bits per heavy atom. The van der Waals surface area contributed by atoms with E-state index in [9.17, 15) is 4.79 Å². The van der Waals surface area contributed by atoms with Crippen LogP contribution in [0.5, 0.6) is 0 Å². The van der Waals surface area contributed by atoms with Crippen LogP contribution in [-0.4, -0.2) is 84.6 Å². The van der Waals surface area contributed by atoms with Gasteiger partial charge >= 0.3 is 5.97 Å². The van der Waals surface area contributed by atoms with E-state index in [0.29, 0.717) is 6.61 Å². The van der Waals surface area contributed by atoms with Gasteiger partial charge in [-0.2, -0.15) is 11.8 Å². The molecule has 0 radical (unpaired) electrons. The summed E-state index contributed by atoms with van der Waals surface area (Å²) in [7, 11) is 0. The summed E-state index contributed by atoms with van der Waals surface area (Å²) in [4.78, 5) is 22.2. The van der Waals surface area contributed by atoms with Gasteiger partial charge in [-0.1, -0.05) is 12.8 Å². The zero-order chi connectivity index (χ0) is 19.8. The molecule has 3 fully saturated rings. The number of likely N-dealkylation sites (tertiary alicyclic amines) is 1. The van der Waals surface area contributed by atoms with Gasteiger partial charge in [-0.3, -0.25) is 14.7 Å². The van der Waals surface area contributed by atoms with E-state index in [4.69, 9.17) is 9.73 Å². The molecule has 0 aromatic carbocycles. The zero-order valence-electron chi connectivity index (χ0n) is 17.8. The van der Waals surface area contributed by atoms with Crippen LogP contribution in [0.15, 0.2) is 4.99 Å². The van der Waals surface area contributed by atoms with Crippen molar-refractivity contribution in [2.45, 2.75) is 57.9 Å². The number of piperidine rings is 1. The number of hydrogen-bond acceptors (Lipinski definition) is 5. The lowest BCUT2D eigenvalue weighted by Crippen LogP contribution is -2.53. The summed E-state index contributed by atoms with van der Waals surface area (Å²) in [5.41, 5.74) is 0.269. The Kier molecular flexibility index (Phi) is 8.33. The molecule has 0 bridgehead atoms. The van der Waals surface area contributed by atoms with Gasteiger partial charge in [-0.05, 0) is 39.5 Å². The monoisotopic (exact) mass is 410 g/mol. The van der Waals surface area contributed by atoms with Gasteiger partial charge in [-0.15, -0.1) is 0 Å². The Labute approximate surface area is 174 Å². The summed E-state index contributed by atoms with van der Waals surface area (Å²) in [5, 5.41) is 3.50. The van der Waals surface area contributed by atoms with Crippen LogP contribution in [0, 0.1) is 5.92 Å². The first-order valence-electron chi connectivity index (χ1n) is 11.2. The van der Waals surface area contributed by atoms with Gasteiger partial charge in [0, 0.05) is 49.8 Å². The molecule has 0 aromatic heterocycles. The van der Waals surface area contributed by atoms with Gasteiger partial charge in [0.2, 0.25) is 0 Å². The third-order valence-corrected chi connectivity index (χ3v) is 7.43. The lowest BCUT2D eigenvalue weighted by Gasteiger charge is -2.43. The number of ether oxygens (including phenoxy) is 1. The van der Waals surface area contributed by atoms with Gasteiger partial charge in [-0.25, -0.2) is 0 Å². The van der Waals surface area contributed by atoms with Crippen LogP contribution in [0.1, 0.15) is 52.4 Å². The Balaban J connectivity index is 1.62. The van der Waals surface area contributed by atoms with Crippen LogP contribution in [0.3, 0.4) is 0 Å². The number of aliphatic imine (C=N–C) groups is 1. The maximum atomic E-state index is 12.0. The molecule has 160 valence electrons. The predicted molar refractivity (Wildman–Crippen MR) is 117 cm³/mol. The summed E-state index contributed by atoms with van der Waals surface area (Å²) in [6, 6.07) is 0. The second kappa shape index (κ2) is 10.7. The fraction of sp³-hybridized carbons (Fsp3) is 0.905. The molecule has 2 aliphatic heterocycles. The van der Waals surface area contributed by atoms with Gasteiger partial charge < -0.3 is 15.0 Å². The zero-order valence-corrected chi connectivity index (χ0v) is 18.6. The second-order valence-corrected chi connectivity index (χ2v) is 9.44. The summed E-state index contributed by atoms with van der Waals surface area (Å²) in [5.74, 6) is 3.56. The van der Waals surface area contributed by atoms with E-state index in [1.54, 1.807) is 0 Å². The van der Waals surface area contributed by atoms with E-state index in [1.807, 2.05) is 6.92 Å². The molecular formula is C21H38N4O2S. The summed E-state index contributed by atoms with van der Waals surface area (Å²) < 4.78 is 5.21. The minimum absolute atomic E-state index is 0.0306. The fourth-order valence-electron chi connectivity index (χ4n) is 4.88. The molecule has 2 saturated heterocycles. The molecule has 7 heteroatoms. The molecule has 3 rings (SSSR count). The van der Waals surface area contributed by atoms with Crippen molar-refractivity contribution in [1.29, 1.82) is 0 Å². The molecule has 1 saturated carbocycles. The Morgan fingerprint density at radius 1 is 1.14 bits per heavy atom. The van der Waals surface area contributed by atoms with E-state index < -0.39 is 0 Å². The summed E-state index contributed by atoms with van der Waals surface area (Å²) in [6.45, 7) is 10.4. The Hall–Kier alpha value is -0.950. The van der Waals surface area contributed by atoms with Gasteiger partial charge in [0.25, 0.3) is 0 Å². The lowest BCUT2D eigenvalue weighted by atomic mass is 9.94. The van der Waals surface area contributed by atoms with Crippen molar-refractivity contribution in [1.82, 2.24) is 15.1 Å². The highest BCUT2D eigenvalue weighted by molar-refractivity contribution is 7.99. The number of rotatable bonds is 6. The number of thioether (sulfide) groups is 1. The molecule has 6 nitrogen and oxygen atoms in total. The van der Waals surface area contributed by atoms with Gasteiger partial charge in [0.1, 0.15) is 0 Å². The highest BCUT2D eigenvalue weighted by Crippen LogP contribution is 2.37. The lowest BCUT2D eigenvalue weighted by molar-refractivity contribution is -0.149. The van der Waals surface area contributed by atoms with E-state index in [-0.39, 0.29) is 17.4 Å². The van der Waals surface area contributed by atoms with Crippen LogP contribution in [0.2, 0.25) is 0 Å². The fourth-order valence-corrected chi connectivity index (χ4v) is 5.78. The van der Waals surface area contributed by atoms with Crippen molar-refractivity contribution >= 4 is 23.7 Å². The number of carbonyl (C=O) groups is 1. The number of guanidine groups is 1. The molecule has 1 aliphatic carbocycles. The number of esters is 1. The Morgan fingerprint density at radius 3 is 2.43 bits per heavy atom. The van der Waals surface area contributed by atoms with Crippen molar-refractivity contribution in [2.24, 2.45) is 10.9 Å². The summed E-state index contributed by atoms with van der Waals surface area (Å²) >= 11 is 2.08. The van der Waals surface area contributed by atoms with E-state index in [2.05, 4.69) is 33.8 Å². The SMILES string of the molecule is CCNC(=NCC1(N2CCSCC2)CCCC1)N1CCC(C(=O)OCC)CC1. The largest absolute Gasteiger partial charge is 0.466 e.